The van der Waals surface area contributed by atoms with Gasteiger partial charge >= 0.3 is 0 Å². The van der Waals surface area contributed by atoms with Crippen molar-refractivity contribution in [2.75, 3.05) is 45.9 Å². The lowest BCUT2D eigenvalue weighted by Gasteiger charge is -2.32. The number of amides is 1. The van der Waals surface area contributed by atoms with Gasteiger partial charge in [0, 0.05) is 31.7 Å². The minimum Gasteiger partial charge on any atom is -0.395 e. The van der Waals surface area contributed by atoms with Crippen LogP contribution in [0.25, 0.3) is 0 Å². The summed E-state index contributed by atoms with van der Waals surface area (Å²) in [6, 6.07) is 0.822. The molecule has 1 N–H and O–H groups in total. The van der Waals surface area contributed by atoms with Crippen LogP contribution in [0, 0.1) is 0 Å². The Labute approximate surface area is 128 Å². The van der Waals surface area contributed by atoms with Crippen molar-refractivity contribution in [2.45, 2.75) is 51.6 Å². The number of aliphatic hydroxyl groups excluding tert-OH is 1. The van der Waals surface area contributed by atoms with E-state index in [0.717, 1.165) is 39.1 Å². The molecular weight excluding hydrogens is 266 g/mol. The predicted octanol–water partition coefficient (Wildman–Crippen LogP) is 0.776. The fourth-order valence-corrected chi connectivity index (χ4v) is 3.77. The molecule has 21 heavy (non-hydrogen) atoms. The zero-order valence-corrected chi connectivity index (χ0v) is 13.6. The molecule has 2 saturated heterocycles. The summed E-state index contributed by atoms with van der Waals surface area (Å²) >= 11 is 0. The molecule has 2 aliphatic heterocycles. The number of hydrogen-bond acceptors (Lipinski definition) is 4. The molecule has 5 nitrogen and oxygen atoms in total. The number of nitrogens with zero attached hydrogens (tertiary/aromatic N) is 3. The van der Waals surface area contributed by atoms with Crippen LogP contribution in [0.15, 0.2) is 0 Å². The summed E-state index contributed by atoms with van der Waals surface area (Å²) in [5.41, 5.74) is 0. The molecule has 0 spiro atoms. The number of hydrogen-bond donors (Lipinski definition) is 1. The van der Waals surface area contributed by atoms with E-state index in [1.807, 2.05) is 18.7 Å². The van der Waals surface area contributed by atoms with Gasteiger partial charge in [-0.05, 0) is 52.6 Å². The molecule has 5 heteroatoms. The van der Waals surface area contributed by atoms with Crippen LogP contribution < -0.4 is 0 Å². The highest BCUT2D eigenvalue weighted by atomic mass is 16.3. The minimum atomic E-state index is 0.257. The molecule has 2 atom stereocenters. The zero-order valence-electron chi connectivity index (χ0n) is 13.6. The molecule has 0 bridgehead atoms. The average molecular weight is 297 g/mol. The van der Waals surface area contributed by atoms with Gasteiger partial charge in [0.25, 0.3) is 0 Å². The zero-order chi connectivity index (χ0) is 15.2. The van der Waals surface area contributed by atoms with Crippen LogP contribution >= 0.6 is 0 Å². The van der Waals surface area contributed by atoms with Crippen LogP contribution in [0.3, 0.4) is 0 Å². The lowest BCUT2D eigenvalue weighted by Crippen LogP contribution is -2.47. The van der Waals surface area contributed by atoms with E-state index in [1.165, 1.54) is 19.3 Å². The van der Waals surface area contributed by atoms with Crippen molar-refractivity contribution in [1.82, 2.24) is 14.7 Å². The van der Waals surface area contributed by atoms with Crippen molar-refractivity contribution in [3.8, 4) is 0 Å². The van der Waals surface area contributed by atoms with Crippen LogP contribution in [0.2, 0.25) is 0 Å². The highest BCUT2D eigenvalue weighted by Crippen LogP contribution is 2.23. The molecule has 0 aromatic heterocycles. The Morgan fingerprint density at radius 1 is 1.10 bits per heavy atom. The van der Waals surface area contributed by atoms with E-state index in [-0.39, 0.29) is 12.5 Å². The third-order valence-electron chi connectivity index (χ3n) is 5.11. The van der Waals surface area contributed by atoms with E-state index < -0.39 is 0 Å². The summed E-state index contributed by atoms with van der Waals surface area (Å²) in [7, 11) is 0. The molecule has 0 aromatic carbocycles. The first kappa shape index (κ1) is 16.7. The fraction of sp³-hybridized carbons (Fsp3) is 0.938. The van der Waals surface area contributed by atoms with Gasteiger partial charge in [-0.3, -0.25) is 14.6 Å². The minimum absolute atomic E-state index is 0.257. The van der Waals surface area contributed by atoms with Gasteiger partial charge in [0.1, 0.15) is 0 Å². The first-order valence-electron chi connectivity index (χ1n) is 8.56. The molecular formula is C16H31N3O2. The van der Waals surface area contributed by atoms with Crippen LogP contribution in [0.5, 0.6) is 0 Å². The second-order valence-corrected chi connectivity index (χ2v) is 6.31. The van der Waals surface area contributed by atoms with Gasteiger partial charge in [0.2, 0.25) is 5.91 Å². The lowest BCUT2D eigenvalue weighted by atomic mass is 10.2. The topological polar surface area (TPSA) is 47.0 Å². The molecule has 0 aliphatic carbocycles. The second kappa shape index (κ2) is 8.11. The highest BCUT2D eigenvalue weighted by Gasteiger charge is 2.32. The van der Waals surface area contributed by atoms with E-state index in [4.69, 9.17) is 0 Å². The number of aliphatic hydroxyl groups is 1. The summed E-state index contributed by atoms with van der Waals surface area (Å²) in [6.45, 7) is 9.65. The van der Waals surface area contributed by atoms with E-state index >= 15 is 0 Å². The summed E-state index contributed by atoms with van der Waals surface area (Å²) in [6.07, 6.45) is 4.67. The maximum atomic E-state index is 12.3. The maximum absolute atomic E-state index is 12.3. The standard InChI is InChI=1S/C16H31N3O2/c1-3-17(4-2)16(21)12-19-10-5-7-14(19)11-18-9-6-8-15(18)13-20/h14-15,20H,3-13H2,1-2H3. The first-order chi connectivity index (χ1) is 10.2. The third-order valence-corrected chi connectivity index (χ3v) is 5.11. The molecule has 0 radical (unpaired) electrons. The second-order valence-electron chi connectivity index (χ2n) is 6.31. The maximum Gasteiger partial charge on any atom is 0.236 e. The first-order valence-corrected chi connectivity index (χ1v) is 8.56. The Kier molecular flexibility index (Phi) is 6.45. The van der Waals surface area contributed by atoms with Crippen LogP contribution in [0.1, 0.15) is 39.5 Å². The number of likely N-dealkylation sites (N-methyl/N-ethyl adjacent to an activating group) is 1. The Balaban J connectivity index is 1.86. The number of carbonyl (C=O) groups is 1. The van der Waals surface area contributed by atoms with Gasteiger partial charge in [0.05, 0.1) is 13.2 Å². The van der Waals surface area contributed by atoms with Crippen LogP contribution in [-0.4, -0.2) is 83.7 Å². The van der Waals surface area contributed by atoms with Gasteiger partial charge in [-0.15, -0.1) is 0 Å². The van der Waals surface area contributed by atoms with Crippen molar-refractivity contribution >= 4 is 5.91 Å². The van der Waals surface area contributed by atoms with Crippen molar-refractivity contribution in [3.63, 3.8) is 0 Å². The summed E-state index contributed by atoms with van der Waals surface area (Å²) in [5, 5.41) is 9.44. The molecule has 0 aromatic rings. The van der Waals surface area contributed by atoms with Crippen molar-refractivity contribution in [2.24, 2.45) is 0 Å². The lowest BCUT2D eigenvalue weighted by molar-refractivity contribution is -0.132. The van der Waals surface area contributed by atoms with Crippen molar-refractivity contribution in [3.05, 3.63) is 0 Å². The monoisotopic (exact) mass is 297 g/mol. The molecule has 2 rings (SSSR count). The molecule has 1 amide bonds. The molecule has 2 unspecified atom stereocenters. The Morgan fingerprint density at radius 2 is 1.71 bits per heavy atom. The molecule has 0 saturated carbocycles. The van der Waals surface area contributed by atoms with Crippen LogP contribution in [-0.2, 0) is 4.79 Å². The van der Waals surface area contributed by atoms with Gasteiger partial charge in [-0.1, -0.05) is 0 Å². The SMILES string of the molecule is CCN(CC)C(=O)CN1CCCC1CN1CCCC1CO. The summed E-state index contributed by atoms with van der Waals surface area (Å²) < 4.78 is 0. The molecule has 2 heterocycles. The Bertz CT molecular complexity index is 333. The average Bonchev–Trinajstić information content (AvgIpc) is 3.10. The fourth-order valence-electron chi connectivity index (χ4n) is 3.77. The normalized spacial score (nSPS) is 27.4. The predicted molar refractivity (Wildman–Crippen MR) is 84.2 cm³/mol. The van der Waals surface area contributed by atoms with Gasteiger partial charge < -0.3 is 10.0 Å². The highest BCUT2D eigenvalue weighted by molar-refractivity contribution is 5.78. The van der Waals surface area contributed by atoms with Gasteiger partial charge in [-0.2, -0.15) is 0 Å². The van der Waals surface area contributed by atoms with Gasteiger partial charge in [-0.25, -0.2) is 0 Å². The summed E-state index contributed by atoms with van der Waals surface area (Å²) in [4.78, 5) is 19.0. The largest absolute Gasteiger partial charge is 0.395 e. The molecule has 2 fully saturated rings. The molecule has 122 valence electrons. The Morgan fingerprint density at radius 3 is 2.33 bits per heavy atom. The number of carbonyl (C=O) groups excluding carboxylic acids is 1. The van der Waals surface area contributed by atoms with E-state index in [0.29, 0.717) is 18.6 Å². The van der Waals surface area contributed by atoms with Crippen LogP contribution in [0.4, 0.5) is 0 Å². The van der Waals surface area contributed by atoms with E-state index in [1.54, 1.807) is 0 Å². The van der Waals surface area contributed by atoms with E-state index in [2.05, 4.69) is 9.80 Å². The number of likely N-dealkylation sites (tertiary alicyclic amines) is 2. The third kappa shape index (κ3) is 4.18. The van der Waals surface area contributed by atoms with Crippen molar-refractivity contribution < 1.29 is 9.90 Å². The van der Waals surface area contributed by atoms with Crippen molar-refractivity contribution in [1.29, 1.82) is 0 Å². The summed E-state index contributed by atoms with van der Waals surface area (Å²) in [5.74, 6) is 0.257. The van der Waals surface area contributed by atoms with E-state index in [9.17, 15) is 9.90 Å². The quantitative estimate of drug-likeness (QED) is 0.754. The Hall–Kier alpha value is -0.650. The smallest absolute Gasteiger partial charge is 0.236 e. The van der Waals surface area contributed by atoms with Gasteiger partial charge in [0.15, 0.2) is 0 Å². The molecule has 2 aliphatic rings. The number of rotatable bonds is 7.